The minimum Gasteiger partial charge on any atom is -0.378 e. The quantitative estimate of drug-likeness (QED) is 0.500. The van der Waals surface area contributed by atoms with Gasteiger partial charge in [0.1, 0.15) is 12.2 Å². The van der Waals surface area contributed by atoms with Gasteiger partial charge in [0, 0.05) is 24.5 Å². The number of hydrogen-bond donors (Lipinski definition) is 1. The second kappa shape index (κ2) is 7.20. The van der Waals surface area contributed by atoms with Crippen molar-refractivity contribution in [2.24, 2.45) is 0 Å². The van der Waals surface area contributed by atoms with Crippen LogP contribution in [0.15, 0.2) is 79.4 Å². The van der Waals surface area contributed by atoms with Gasteiger partial charge in [0.15, 0.2) is 0 Å². The first-order valence-corrected chi connectivity index (χ1v) is 9.38. The first-order valence-electron chi connectivity index (χ1n) is 9.38. The number of benzene rings is 2. The van der Waals surface area contributed by atoms with Crippen LogP contribution in [-0.4, -0.2) is 29.4 Å². The van der Waals surface area contributed by atoms with Crippen molar-refractivity contribution in [3.8, 4) is 16.9 Å². The summed E-state index contributed by atoms with van der Waals surface area (Å²) in [6, 6.07) is 20.4. The smallest absolute Gasteiger partial charge is 0.200 e. The maximum absolute atomic E-state index is 4.63. The van der Waals surface area contributed by atoms with Crippen LogP contribution in [0, 0.1) is 6.92 Å². The van der Waals surface area contributed by atoms with Crippen LogP contribution in [0.3, 0.4) is 0 Å². The van der Waals surface area contributed by atoms with Crippen molar-refractivity contribution < 1.29 is 0 Å². The van der Waals surface area contributed by atoms with Crippen molar-refractivity contribution in [1.82, 2.24) is 29.4 Å². The summed E-state index contributed by atoms with van der Waals surface area (Å²) in [5, 5.41) is 16.4. The zero-order valence-corrected chi connectivity index (χ0v) is 15.9. The Morgan fingerprint density at radius 3 is 2.66 bits per heavy atom. The Bertz CT molecular complexity index is 1270. The maximum atomic E-state index is 4.63. The van der Waals surface area contributed by atoms with E-state index in [0.717, 1.165) is 34.0 Å². The molecule has 0 saturated heterocycles. The van der Waals surface area contributed by atoms with Gasteiger partial charge in [-0.05, 0) is 24.6 Å². The van der Waals surface area contributed by atoms with Gasteiger partial charge in [0.2, 0.25) is 5.65 Å². The van der Waals surface area contributed by atoms with E-state index in [-0.39, 0.29) is 0 Å². The van der Waals surface area contributed by atoms with Gasteiger partial charge >= 0.3 is 0 Å². The molecule has 0 bridgehead atoms. The van der Waals surface area contributed by atoms with Crippen molar-refractivity contribution in [3.63, 3.8) is 0 Å². The van der Waals surface area contributed by atoms with E-state index in [1.54, 1.807) is 10.8 Å². The van der Waals surface area contributed by atoms with E-state index in [1.807, 2.05) is 67.8 Å². The molecule has 0 spiro atoms. The zero-order chi connectivity index (χ0) is 19.6. The number of fused-ring (bicyclic) bond motifs is 1. The van der Waals surface area contributed by atoms with Crippen LogP contribution < -0.4 is 5.32 Å². The van der Waals surface area contributed by atoms with Gasteiger partial charge in [-0.2, -0.15) is 9.61 Å². The standard InChI is InChI=1S/C22H19N7/c1-16-23-11-12-28(16)21-10-6-5-9-18(21)14-24-20-13-19(17-7-3-2-4-8-17)27-29-15-25-26-22(20)29/h2-13,15,24H,14H2,1H3. The van der Waals surface area contributed by atoms with Gasteiger partial charge in [-0.25, -0.2) is 4.98 Å². The van der Waals surface area contributed by atoms with E-state index in [2.05, 4.69) is 42.3 Å². The molecule has 0 amide bonds. The Kier molecular flexibility index (Phi) is 4.25. The Morgan fingerprint density at radius 2 is 1.83 bits per heavy atom. The third kappa shape index (κ3) is 3.23. The number of aryl methyl sites for hydroxylation is 1. The molecule has 142 valence electrons. The van der Waals surface area contributed by atoms with Crippen molar-refractivity contribution in [1.29, 1.82) is 0 Å². The summed E-state index contributed by atoms with van der Waals surface area (Å²) in [6.45, 7) is 2.63. The topological polar surface area (TPSA) is 72.9 Å². The SMILES string of the molecule is Cc1nccn1-c1ccccc1CNc1cc(-c2ccccc2)nn2cnnc12. The van der Waals surface area contributed by atoms with Crippen LogP contribution in [0.5, 0.6) is 0 Å². The van der Waals surface area contributed by atoms with E-state index >= 15 is 0 Å². The average Bonchev–Trinajstić information content (AvgIpc) is 3.41. The average molecular weight is 381 g/mol. The van der Waals surface area contributed by atoms with Crippen LogP contribution in [-0.2, 0) is 6.54 Å². The molecule has 0 aliphatic rings. The summed E-state index contributed by atoms with van der Waals surface area (Å²) in [5.41, 5.74) is 5.74. The van der Waals surface area contributed by atoms with Crippen molar-refractivity contribution in [3.05, 3.63) is 90.8 Å². The lowest BCUT2D eigenvalue weighted by atomic mass is 10.1. The summed E-state index contributed by atoms with van der Waals surface area (Å²) in [7, 11) is 0. The number of hydrogen-bond acceptors (Lipinski definition) is 5. The highest BCUT2D eigenvalue weighted by Crippen LogP contribution is 2.24. The number of imidazole rings is 1. The Hall–Kier alpha value is -4.00. The number of nitrogens with zero attached hydrogens (tertiary/aromatic N) is 6. The highest BCUT2D eigenvalue weighted by atomic mass is 15.3. The normalized spacial score (nSPS) is 11.1. The molecule has 1 N–H and O–H groups in total. The predicted molar refractivity (Wildman–Crippen MR) is 112 cm³/mol. The molecule has 0 saturated carbocycles. The highest BCUT2D eigenvalue weighted by Gasteiger charge is 2.11. The molecule has 0 unspecified atom stereocenters. The van der Waals surface area contributed by atoms with Gasteiger partial charge in [-0.3, -0.25) is 0 Å². The molecule has 0 aliphatic heterocycles. The summed E-state index contributed by atoms with van der Waals surface area (Å²) in [5.74, 6) is 0.951. The Morgan fingerprint density at radius 1 is 1.00 bits per heavy atom. The largest absolute Gasteiger partial charge is 0.378 e. The molecule has 0 atom stereocenters. The fraction of sp³-hybridized carbons (Fsp3) is 0.0909. The first kappa shape index (κ1) is 17.1. The third-order valence-electron chi connectivity index (χ3n) is 4.88. The fourth-order valence-corrected chi connectivity index (χ4v) is 3.42. The van der Waals surface area contributed by atoms with Gasteiger partial charge in [-0.1, -0.05) is 48.5 Å². The van der Waals surface area contributed by atoms with E-state index in [4.69, 9.17) is 0 Å². The molecule has 29 heavy (non-hydrogen) atoms. The van der Waals surface area contributed by atoms with Gasteiger partial charge in [0.05, 0.1) is 17.1 Å². The summed E-state index contributed by atoms with van der Waals surface area (Å²) >= 11 is 0. The number of rotatable bonds is 5. The molecular weight excluding hydrogens is 362 g/mol. The number of anilines is 1. The summed E-state index contributed by atoms with van der Waals surface area (Å²) < 4.78 is 3.79. The van der Waals surface area contributed by atoms with Gasteiger partial charge in [0.25, 0.3) is 0 Å². The summed E-state index contributed by atoms with van der Waals surface area (Å²) in [4.78, 5) is 4.34. The van der Waals surface area contributed by atoms with Crippen molar-refractivity contribution in [2.75, 3.05) is 5.32 Å². The molecule has 3 aromatic heterocycles. The molecule has 3 heterocycles. The lowest BCUT2D eigenvalue weighted by Gasteiger charge is -2.14. The van der Waals surface area contributed by atoms with Crippen molar-refractivity contribution >= 4 is 11.3 Å². The predicted octanol–water partition coefficient (Wildman–Crippen LogP) is 3.90. The number of nitrogens with one attached hydrogen (secondary N) is 1. The zero-order valence-electron chi connectivity index (χ0n) is 15.9. The molecule has 7 nitrogen and oxygen atoms in total. The monoisotopic (exact) mass is 381 g/mol. The lowest BCUT2D eigenvalue weighted by Crippen LogP contribution is -2.07. The Balaban J connectivity index is 1.51. The van der Waals surface area contributed by atoms with Crippen LogP contribution >= 0.6 is 0 Å². The number of aromatic nitrogens is 6. The van der Waals surface area contributed by atoms with E-state index < -0.39 is 0 Å². The first-order chi connectivity index (χ1) is 14.3. The molecule has 2 aromatic carbocycles. The second-order valence-electron chi connectivity index (χ2n) is 6.74. The molecule has 0 fully saturated rings. The molecule has 0 aliphatic carbocycles. The second-order valence-corrected chi connectivity index (χ2v) is 6.74. The minimum atomic E-state index is 0.633. The minimum absolute atomic E-state index is 0.633. The molecule has 0 radical (unpaired) electrons. The molecular formula is C22H19N7. The molecule has 5 rings (SSSR count). The van der Waals surface area contributed by atoms with Gasteiger partial charge < -0.3 is 9.88 Å². The maximum Gasteiger partial charge on any atom is 0.200 e. The number of para-hydroxylation sites is 1. The van der Waals surface area contributed by atoms with E-state index in [1.165, 1.54) is 0 Å². The highest BCUT2D eigenvalue weighted by molar-refractivity contribution is 5.73. The lowest BCUT2D eigenvalue weighted by molar-refractivity contribution is 0.927. The van der Waals surface area contributed by atoms with Gasteiger partial charge in [-0.15, -0.1) is 10.2 Å². The summed E-state index contributed by atoms with van der Waals surface area (Å²) in [6.07, 6.45) is 5.41. The third-order valence-corrected chi connectivity index (χ3v) is 4.88. The van der Waals surface area contributed by atoms with Crippen molar-refractivity contribution in [2.45, 2.75) is 13.5 Å². The van der Waals surface area contributed by atoms with E-state index in [9.17, 15) is 0 Å². The van der Waals surface area contributed by atoms with Crippen LogP contribution in [0.25, 0.3) is 22.6 Å². The van der Waals surface area contributed by atoms with Crippen LogP contribution in [0.1, 0.15) is 11.4 Å². The van der Waals surface area contributed by atoms with E-state index in [0.29, 0.717) is 12.2 Å². The Labute approximate surface area is 167 Å². The van der Waals surface area contributed by atoms with Crippen LogP contribution in [0.2, 0.25) is 0 Å². The molecule has 7 heteroatoms. The molecule has 5 aromatic rings. The fourth-order valence-electron chi connectivity index (χ4n) is 3.42. The van der Waals surface area contributed by atoms with Crippen LogP contribution in [0.4, 0.5) is 5.69 Å².